The van der Waals surface area contributed by atoms with E-state index < -0.39 is 0 Å². The zero-order valence-corrected chi connectivity index (χ0v) is 18.4. The Morgan fingerprint density at radius 2 is 1.09 bits per heavy atom. The molecule has 23 heavy (non-hydrogen) atoms. The van der Waals surface area contributed by atoms with Crippen molar-refractivity contribution in [2.75, 3.05) is 0 Å². The normalized spacial score (nSPS) is 32.5. The van der Waals surface area contributed by atoms with E-state index in [1.165, 1.54) is 49.7 Å². The van der Waals surface area contributed by atoms with Crippen LogP contribution in [0.2, 0.25) is 0 Å². The number of thiol groups is 2. The Labute approximate surface area is 171 Å². The maximum absolute atomic E-state index is 4.17. The van der Waals surface area contributed by atoms with Crippen molar-refractivity contribution < 1.29 is 20.4 Å². The van der Waals surface area contributed by atoms with Gasteiger partial charge in [0.05, 0.1) is 0 Å². The summed E-state index contributed by atoms with van der Waals surface area (Å²) in [7, 11) is 0. The van der Waals surface area contributed by atoms with Crippen LogP contribution in [0.4, 0.5) is 0 Å². The molecule has 2 unspecified atom stereocenters. The van der Waals surface area contributed by atoms with Crippen LogP contribution in [0.25, 0.3) is 0 Å². The van der Waals surface area contributed by atoms with Crippen LogP contribution in [0.1, 0.15) is 66.2 Å². The van der Waals surface area contributed by atoms with Gasteiger partial charge in [-0.05, 0) is 0 Å². The molecular formula is C20H32PdS2-4. The molecule has 4 rings (SSSR count). The summed E-state index contributed by atoms with van der Waals surface area (Å²) in [5.41, 5.74) is 3.77. The van der Waals surface area contributed by atoms with Crippen LogP contribution in [0.15, 0.2) is 24.3 Å². The summed E-state index contributed by atoms with van der Waals surface area (Å²) in [5, 5.41) is 0. The van der Waals surface area contributed by atoms with Crippen molar-refractivity contribution in [1.29, 1.82) is 0 Å². The summed E-state index contributed by atoms with van der Waals surface area (Å²) in [6.07, 6.45) is 8.22. The molecule has 4 aliphatic carbocycles. The van der Waals surface area contributed by atoms with Crippen LogP contribution in [-0.2, 0) is 47.4 Å². The van der Waals surface area contributed by atoms with Gasteiger partial charge in [-0.25, -0.2) is 0 Å². The first-order chi connectivity index (χ1) is 9.24. The molecular weight excluding hydrogens is 411 g/mol. The third-order valence-corrected chi connectivity index (χ3v) is 6.93. The van der Waals surface area contributed by atoms with Crippen molar-refractivity contribution in [3.05, 3.63) is 36.1 Å². The fourth-order valence-corrected chi connectivity index (χ4v) is 4.90. The second kappa shape index (κ2) is 8.03. The minimum Gasteiger partial charge on any atom is -0.813 e. The van der Waals surface area contributed by atoms with Gasteiger partial charge in [0.1, 0.15) is 0 Å². The zero-order chi connectivity index (χ0) is 14.7. The van der Waals surface area contributed by atoms with E-state index in [0.717, 1.165) is 11.8 Å². The minimum atomic E-state index is 0. The van der Waals surface area contributed by atoms with Gasteiger partial charge in [-0.2, -0.15) is 25.7 Å². The summed E-state index contributed by atoms with van der Waals surface area (Å²) in [4.78, 5) is 0. The van der Waals surface area contributed by atoms with E-state index in [9.17, 15) is 0 Å². The molecule has 0 nitrogen and oxygen atoms in total. The van der Waals surface area contributed by atoms with E-state index >= 15 is 0 Å². The Hall–Kier alpha value is 0.842. The quantitative estimate of drug-likeness (QED) is 0.162. The number of hydrogen-bond acceptors (Lipinski definition) is 2. The smallest absolute Gasteiger partial charge is 0 e. The molecule has 4 bridgehead atoms. The molecule has 3 heteroatoms. The Kier molecular flexibility index (Phi) is 8.32. The predicted molar refractivity (Wildman–Crippen MR) is 105 cm³/mol. The van der Waals surface area contributed by atoms with Crippen LogP contribution >= 0.6 is 0 Å². The molecule has 0 aliphatic heterocycles. The van der Waals surface area contributed by atoms with Crippen LogP contribution in [0.5, 0.6) is 0 Å². The Morgan fingerprint density at radius 1 is 0.783 bits per heavy atom. The van der Waals surface area contributed by atoms with E-state index in [-0.39, 0.29) is 47.4 Å². The van der Waals surface area contributed by atoms with Crippen molar-refractivity contribution in [3.63, 3.8) is 0 Å². The maximum Gasteiger partial charge on any atom is 0 e. The number of allylic oxidation sites excluding steroid dienone is 2. The Balaban J connectivity index is 0.000000372. The summed E-state index contributed by atoms with van der Waals surface area (Å²) in [5.74, 6) is 5.21. The van der Waals surface area contributed by atoms with Gasteiger partial charge >= 0.3 is 0 Å². The van der Waals surface area contributed by atoms with Gasteiger partial charge in [-0.1, -0.05) is 52.4 Å². The first kappa shape index (κ1) is 23.8. The standard InChI is InChI=1S/2C10H15.Pd.2H2S/c2*1-7-8-4-5-9(6-8)10(7,2)3;;;/h2*8H,1,4-6H2,2-3H3;;2*1H2/q2*-1;;;/p-2. The SMILES string of the molecule is C=C1C2CC[C-](C2)C1(C)C.C=C1C2CC[C-](C2)C1(C)C.[Pd].[SH-].[SH-]. The van der Waals surface area contributed by atoms with Crippen LogP contribution in [-0.4, -0.2) is 0 Å². The van der Waals surface area contributed by atoms with Crippen molar-refractivity contribution in [1.82, 2.24) is 0 Å². The second-order valence-corrected chi connectivity index (χ2v) is 8.39. The van der Waals surface area contributed by atoms with Gasteiger partial charge in [0, 0.05) is 20.4 Å². The fourth-order valence-electron chi connectivity index (χ4n) is 4.90. The molecule has 0 aromatic heterocycles. The minimum absolute atomic E-state index is 0. The Morgan fingerprint density at radius 3 is 1.22 bits per heavy atom. The zero-order valence-electron chi connectivity index (χ0n) is 15.0. The molecule has 0 radical (unpaired) electrons. The molecule has 0 heterocycles. The third-order valence-electron chi connectivity index (χ3n) is 6.93. The van der Waals surface area contributed by atoms with Crippen molar-refractivity contribution >= 4 is 27.0 Å². The molecule has 2 atom stereocenters. The molecule has 0 saturated heterocycles. The number of hydrogen-bond donors (Lipinski definition) is 0. The van der Waals surface area contributed by atoms with Crippen LogP contribution < -0.4 is 0 Å². The molecule has 4 saturated carbocycles. The maximum atomic E-state index is 4.17. The summed E-state index contributed by atoms with van der Waals surface area (Å²) in [6, 6.07) is 0. The fraction of sp³-hybridized carbons (Fsp3) is 0.700. The van der Waals surface area contributed by atoms with Crippen LogP contribution in [0, 0.1) is 34.5 Å². The molecule has 138 valence electrons. The first-order valence-corrected chi connectivity index (χ1v) is 8.33. The Bertz CT molecular complexity index is 411. The average molecular weight is 443 g/mol. The van der Waals surface area contributed by atoms with E-state index in [4.69, 9.17) is 0 Å². The van der Waals surface area contributed by atoms with Crippen molar-refractivity contribution in [3.8, 4) is 0 Å². The van der Waals surface area contributed by atoms with E-state index in [1.54, 1.807) is 11.8 Å². The predicted octanol–water partition coefficient (Wildman–Crippen LogP) is 5.37. The number of rotatable bonds is 0. The van der Waals surface area contributed by atoms with Gasteiger partial charge in [0.15, 0.2) is 0 Å². The monoisotopic (exact) mass is 442 g/mol. The van der Waals surface area contributed by atoms with Gasteiger partial charge in [0.25, 0.3) is 0 Å². The van der Waals surface area contributed by atoms with Gasteiger partial charge in [0.2, 0.25) is 0 Å². The molecule has 0 spiro atoms. The summed E-state index contributed by atoms with van der Waals surface area (Å²) < 4.78 is 0. The topological polar surface area (TPSA) is 0 Å². The van der Waals surface area contributed by atoms with E-state index in [2.05, 4.69) is 40.9 Å². The first-order valence-electron chi connectivity index (χ1n) is 8.33. The molecule has 4 aliphatic rings. The van der Waals surface area contributed by atoms with E-state index in [0.29, 0.717) is 10.8 Å². The second-order valence-electron chi connectivity index (χ2n) is 8.39. The molecule has 4 fully saturated rings. The summed E-state index contributed by atoms with van der Waals surface area (Å²) >= 11 is 0. The van der Waals surface area contributed by atoms with E-state index in [1.807, 2.05) is 0 Å². The molecule has 0 aromatic carbocycles. The third kappa shape index (κ3) is 3.84. The van der Waals surface area contributed by atoms with Gasteiger partial charge in [-0.3, -0.25) is 0 Å². The van der Waals surface area contributed by atoms with Crippen LogP contribution in [0.3, 0.4) is 0 Å². The average Bonchev–Trinajstić information content (AvgIpc) is 3.10. The molecule has 0 aromatic rings. The van der Waals surface area contributed by atoms with Gasteiger partial charge < -0.3 is 38.8 Å². The largest absolute Gasteiger partial charge is 0.813 e. The van der Waals surface area contributed by atoms with Gasteiger partial charge in [-0.15, -0.1) is 35.1 Å². The summed E-state index contributed by atoms with van der Waals surface area (Å²) in [6.45, 7) is 17.6. The van der Waals surface area contributed by atoms with Crippen molar-refractivity contribution in [2.45, 2.75) is 66.2 Å². The molecule has 0 amide bonds. The number of fused-ring (bicyclic) bond motifs is 4. The molecule has 0 N–H and O–H groups in total. The van der Waals surface area contributed by atoms with Crippen molar-refractivity contribution in [2.24, 2.45) is 22.7 Å².